The maximum atomic E-state index is 12.7. The van der Waals surface area contributed by atoms with E-state index in [0.29, 0.717) is 40.4 Å². The summed E-state index contributed by atoms with van der Waals surface area (Å²) in [4.78, 5) is 37.9. The Bertz CT molecular complexity index is 772. The molecule has 0 saturated carbocycles. The predicted molar refractivity (Wildman–Crippen MR) is 107 cm³/mol. The number of amides is 2. The molecule has 0 bridgehead atoms. The normalized spacial score (nSPS) is 17.8. The standard InChI is InChI=1S/C15H10I3NO4/c16-8-5-9(17)12(11(18)10(8)15(22)23)19-13(20)6-3-1-2-4-7(6)14(19)21/h5H,1-4H2,(H,22,23)/p-1. The maximum Gasteiger partial charge on any atom is 0.261 e. The first-order valence-corrected chi connectivity index (χ1v) is 10.1. The lowest BCUT2D eigenvalue weighted by atomic mass is 9.93. The fraction of sp³-hybridized carbons (Fsp3) is 0.267. The zero-order valence-corrected chi connectivity index (χ0v) is 18.1. The van der Waals surface area contributed by atoms with Crippen molar-refractivity contribution in [3.8, 4) is 0 Å². The van der Waals surface area contributed by atoms with Gasteiger partial charge in [-0.15, -0.1) is 0 Å². The smallest absolute Gasteiger partial charge is 0.261 e. The molecule has 1 heterocycles. The topological polar surface area (TPSA) is 77.5 Å². The lowest BCUT2D eigenvalue weighted by Crippen LogP contribution is -2.34. The van der Waals surface area contributed by atoms with Crippen LogP contribution in [0.2, 0.25) is 0 Å². The lowest BCUT2D eigenvalue weighted by molar-refractivity contribution is -0.255. The van der Waals surface area contributed by atoms with Gasteiger partial charge in [0.15, 0.2) is 0 Å². The molecule has 120 valence electrons. The first kappa shape index (κ1) is 17.6. The number of carbonyl (C=O) groups is 3. The van der Waals surface area contributed by atoms with Gasteiger partial charge >= 0.3 is 0 Å². The van der Waals surface area contributed by atoms with Crippen LogP contribution < -0.4 is 10.0 Å². The SMILES string of the molecule is O=C([O-])c1c(I)cc(I)c(N2C(=O)C3=C(CCCC3)C2=O)c1I. The summed E-state index contributed by atoms with van der Waals surface area (Å²) in [6.45, 7) is 0. The largest absolute Gasteiger partial charge is 0.545 e. The minimum Gasteiger partial charge on any atom is -0.545 e. The van der Waals surface area contributed by atoms with Crippen molar-refractivity contribution in [3.63, 3.8) is 0 Å². The van der Waals surface area contributed by atoms with Gasteiger partial charge in [0.2, 0.25) is 0 Å². The van der Waals surface area contributed by atoms with E-state index in [0.717, 1.165) is 17.7 Å². The Morgan fingerprint density at radius 1 is 1.00 bits per heavy atom. The summed E-state index contributed by atoms with van der Waals surface area (Å²) < 4.78 is 1.56. The molecule has 0 atom stereocenters. The third-order valence-corrected chi connectivity index (χ3v) is 6.69. The molecule has 0 unspecified atom stereocenters. The molecular formula is C15H9I3NO4-. The van der Waals surface area contributed by atoms with Gasteiger partial charge in [-0.1, -0.05) is 0 Å². The number of anilines is 1. The molecule has 0 saturated heterocycles. The number of halogens is 3. The van der Waals surface area contributed by atoms with Crippen molar-refractivity contribution in [2.75, 3.05) is 4.90 Å². The number of carboxylic acids is 1. The zero-order valence-electron chi connectivity index (χ0n) is 11.6. The Hall–Kier alpha value is -0.240. The lowest BCUT2D eigenvalue weighted by Gasteiger charge is -2.22. The second-order valence-corrected chi connectivity index (χ2v) is 8.68. The number of aromatic carboxylic acids is 1. The molecule has 2 amide bonds. The van der Waals surface area contributed by atoms with Crippen molar-refractivity contribution in [1.29, 1.82) is 0 Å². The van der Waals surface area contributed by atoms with E-state index in [1.165, 1.54) is 0 Å². The van der Waals surface area contributed by atoms with Crippen LogP contribution in [-0.2, 0) is 9.59 Å². The Morgan fingerprint density at radius 3 is 2.00 bits per heavy atom. The zero-order chi connectivity index (χ0) is 16.9. The molecule has 1 aliphatic carbocycles. The van der Waals surface area contributed by atoms with Crippen LogP contribution in [0.15, 0.2) is 17.2 Å². The van der Waals surface area contributed by atoms with Crippen LogP contribution in [0.3, 0.4) is 0 Å². The Balaban J connectivity index is 2.17. The molecule has 0 spiro atoms. The number of imide groups is 1. The van der Waals surface area contributed by atoms with E-state index < -0.39 is 5.97 Å². The van der Waals surface area contributed by atoms with Crippen molar-refractivity contribution < 1.29 is 19.5 Å². The summed E-state index contributed by atoms with van der Waals surface area (Å²) in [5, 5.41) is 11.4. The highest BCUT2D eigenvalue weighted by Gasteiger charge is 2.41. The molecule has 1 aromatic carbocycles. The summed E-state index contributed by atoms with van der Waals surface area (Å²) in [7, 11) is 0. The quantitative estimate of drug-likeness (QED) is 0.366. The number of carbonyl (C=O) groups excluding carboxylic acids is 3. The Labute approximate surface area is 173 Å². The summed E-state index contributed by atoms with van der Waals surface area (Å²) in [5.41, 5.74) is 1.55. The van der Waals surface area contributed by atoms with Crippen molar-refractivity contribution in [3.05, 3.63) is 33.5 Å². The van der Waals surface area contributed by atoms with Gasteiger partial charge in [-0.3, -0.25) is 9.59 Å². The van der Waals surface area contributed by atoms with Gasteiger partial charge in [0, 0.05) is 27.4 Å². The van der Waals surface area contributed by atoms with E-state index in [1.807, 2.05) is 67.8 Å². The number of hydrogen-bond donors (Lipinski definition) is 0. The molecular weight excluding hydrogens is 639 g/mol. The molecule has 8 heteroatoms. The van der Waals surface area contributed by atoms with Crippen LogP contribution in [-0.4, -0.2) is 17.8 Å². The van der Waals surface area contributed by atoms with Crippen LogP contribution in [0, 0.1) is 10.7 Å². The third-order valence-electron chi connectivity index (χ3n) is 3.96. The average Bonchev–Trinajstić information content (AvgIpc) is 2.72. The fourth-order valence-electron chi connectivity index (χ4n) is 2.91. The molecule has 3 rings (SSSR count). The summed E-state index contributed by atoms with van der Waals surface area (Å²) in [6, 6.07) is 1.65. The highest BCUT2D eigenvalue weighted by atomic mass is 127. The monoisotopic (exact) mass is 648 g/mol. The Kier molecular flexibility index (Phi) is 5.03. The summed E-state index contributed by atoms with van der Waals surface area (Å²) in [6.07, 6.45) is 3.02. The van der Waals surface area contributed by atoms with Crippen LogP contribution in [0.5, 0.6) is 0 Å². The molecule has 1 aromatic rings. The van der Waals surface area contributed by atoms with Crippen molar-refractivity contribution >= 4 is 91.2 Å². The van der Waals surface area contributed by atoms with Gasteiger partial charge in [-0.2, -0.15) is 0 Å². The highest BCUT2D eigenvalue weighted by molar-refractivity contribution is 14.1. The van der Waals surface area contributed by atoms with E-state index in [4.69, 9.17) is 0 Å². The first-order valence-electron chi connectivity index (χ1n) is 6.84. The van der Waals surface area contributed by atoms with E-state index in [-0.39, 0.29) is 17.4 Å². The molecule has 2 aliphatic rings. The summed E-state index contributed by atoms with van der Waals surface area (Å²) in [5.74, 6) is -1.94. The minimum atomic E-state index is -1.31. The van der Waals surface area contributed by atoms with E-state index in [2.05, 4.69) is 0 Å². The average molecular weight is 648 g/mol. The van der Waals surface area contributed by atoms with Crippen molar-refractivity contribution in [2.45, 2.75) is 25.7 Å². The molecule has 23 heavy (non-hydrogen) atoms. The van der Waals surface area contributed by atoms with Crippen molar-refractivity contribution in [2.24, 2.45) is 0 Å². The number of carboxylic acid groups (broad SMARTS) is 1. The van der Waals surface area contributed by atoms with E-state index >= 15 is 0 Å². The molecule has 5 nitrogen and oxygen atoms in total. The van der Waals surface area contributed by atoms with E-state index in [1.54, 1.807) is 6.07 Å². The molecule has 0 fully saturated rings. The Morgan fingerprint density at radius 2 is 1.52 bits per heavy atom. The number of nitrogens with zero attached hydrogens (tertiary/aromatic N) is 1. The van der Waals surface area contributed by atoms with Crippen LogP contribution in [0.1, 0.15) is 36.0 Å². The molecule has 0 aromatic heterocycles. The van der Waals surface area contributed by atoms with Gasteiger partial charge < -0.3 is 9.90 Å². The molecule has 0 N–H and O–H groups in total. The van der Waals surface area contributed by atoms with Gasteiger partial charge in [0.25, 0.3) is 11.8 Å². The van der Waals surface area contributed by atoms with E-state index in [9.17, 15) is 19.5 Å². The number of rotatable bonds is 2. The molecule has 1 aliphatic heterocycles. The van der Waals surface area contributed by atoms with Gasteiger partial charge in [0.1, 0.15) is 0 Å². The van der Waals surface area contributed by atoms with Gasteiger partial charge in [0.05, 0.1) is 11.7 Å². The van der Waals surface area contributed by atoms with Gasteiger partial charge in [-0.05, 0) is 99.5 Å². The number of benzene rings is 1. The fourth-order valence-corrected chi connectivity index (χ4v) is 7.21. The van der Waals surface area contributed by atoms with Crippen LogP contribution in [0.25, 0.3) is 0 Å². The summed E-state index contributed by atoms with van der Waals surface area (Å²) >= 11 is 5.82. The first-order chi connectivity index (χ1) is 10.8. The molecule has 0 radical (unpaired) electrons. The predicted octanol–water partition coefficient (Wildman–Crippen LogP) is 2.61. The van der Waals surface area contributed by atoms with Gasteiger partial charge in [-0.25, -0.2) is 4.90 Å². The van der Waals surface area contributed by atoms with Crippen molar-refractivity contribution in [1.82, 2.24) is 0 Å². The van der Waals surface area contributed by atoms with Crippen LogP contribution >= 0.6 is 67.8 Å². The number of hydrogen-bond acceptors (Lipinski definition) is 4. The second kappa shape index (κ2) is 6.58. The van der Waals surface area contributed by atoms with Crippen LogP contribution in [0.4, 0.5) is 5.69 Å². The maximum absolute atomic E-state index is 12.7. The third kappa shape index (κ3) is 2.83. The highest BCUT2D eigenvalue weighted by Crippen LogP contribution is 2.40. The second-order valence-electron chi connectivity index (χ2n) is 5.28. The minimum absolute atomic E-state index is 0.0205.